The maximum Gasteiger partial charge on any atom is 0.219 e. The lowest BCUT2D eigenvalue weighted by molar-refractivity contribution is -0.131. The van der Waals surface area contributed by atoms with Gasteiger partial charge in [-0.1, -0.05) is 0 Å². The van der Waals surface area contributed by atoms with Gasteiger partial charge in [0.2, 0.25) is 5.91 Å². The lowest BCUT2D eigenvalue weighted by Crippen LogP contribution is -2.64. The number of piperazine rings is 1. The second-order valence-corrected chi connectivity index (χ2v) is 7.50. The molecule has 1 N–H and O–H groups in total. The van der Waals surface area contributed by atoms with Gasteiger partial charge < -0.3 is 10.2 Å². The molecule has 110 valence electrons. The van der Waals surface area contributed by atoms with Crippen LogP contribution in [-0.2, 0) is 4.79 Å². The van der Waals surface area contributed by atoms with Crippen molar-refractivity contribution < 1.29 is 4.79 Å². The molecule has 2 aliphatic rings. The minimum absolute atomic E-state index is 0.199. The average Bonchev–Trinajstić information content (AvgIpc) is 2.25. The first kappa shape index (κ1) is 14.8. The molecule has 0 spiro atoms. The summed E-state index contributed by atoms with van der Waals surface area (Å²) in [6, 6.07) is 0.639. The smallest absolute Gasteiger partial charge is 0.219 e. The fourth-order valence-corrected chi connectivity index (χ4v) is 3.93. The highest BCUT2D eigenvalue weighted by Crippen LogP contribution is 2.31. The third kappa shape index (κ3) is 3.69. The summed E-state index contributed by atoms with van der Waals surface area (Å²) in [5.74, 6) is 0.214. The van der Waals surface area contributed by atoms with Gasteiger partial charge in [-0.2, -0.15) is 0 Å². The molecule has 0 saturated carbocycles. The Kier molecular flexibility index (Phi) is 3.94. The van der Waals surface area contributed by atoms with Gasteiger partial charge >= 0.3 is 0 Å². The lowest BCUT2D eigenvalue weighted by Gasteiger charge is -2.51. The van der Waals surface area contributed by atoms with Gasteiger partial charge in [0.1, 0.15) is 0 Å². The summed E-state index contributed by atoms with van der Waals surface area (Å²) in [7, 11) is 0. The summed E-state index contributed by atoms with van der Waals surface area (Å²) < 4.78 is 0. The number of piperidine rings is 1. The maximum atomic E-state index is 11.4. The molecule has 4 nitrogen and oxygen atoms in total. The largest absolute Gasteiger partial charge is 0.340 e. The highest BCUT2D eigenvalue weighted by atomic mass is 16.2. The van der Waals surface area contributed by atoms with Gasteiger partial charge in [0.05, 0.1) is 0 Å². The summed E-state index contributed by atoms with van der Waals surface area (Å²) in [5.41, 5.74) is 0.397. The standard InChI is InChI=1S/C15H29N3O/c1-12(19)17-6-8-18(9-7-17)13-10-14(2,3)16-15(4,5)11-13/h13,16H,6-11H2,1-5H3. The zero-order valence-electron chi connectivity index (χ0n) is 13.1. The van der Waals surface area contributed by atoms with Gasteiger partial charge in [-0.3, -0.25) is 9.69 Å². The van der Waals surface area contributed by atoms with Crippen LogP contribution in [0.3, 0.4) is 0 Å². The molecule has 0 bridgehead atoms. The van der Waals surface area contributed by atoms with E-state index < -0.39 is 0 Å². The Bertz CT molecular complexity index is 327. The van der Waals surface area contributed by atoms with E-state index in [1.54, 1.807) is 6.92 Å². The van der Waals surface area contributed by atoms with E-state index in [-0.39, 0.29) is 17.0 Å². The first-order valence-corrected chi connectivity index (χ1v) is 7.47. The van der Waals surface area contributed by atoms with Crippen LogP contribution < -0.4 is 5.32 Å². The second kappa shape index (κ2) is 5.06. The number of carbonyl (C=O) groups is 1. The van der Waals surface area contributed by atoms with E-state index in [4.69, 9.17) is 0 Å². The molecule has 0 unspecified atom stereocenters. The predicted molar refractivity (Wildman–Crippen MR) is 78.1 cm³/mol. The molecule has 19 heavy (non-hydrogen) atoms. The lowest BCUT2D eigenvalue weighted by atomic mass is 9.79. The molecule has 1 amide bonds. The zero-order valence-corrected chi connectivity index (χ0v) is 13.1. The molecule has 2 saturated heterocycles. The van der Waals surface area contributed by atoms with E-state index in [1.807, 2.05) is 4.90 Å². The fraction of sp³-hybridized carbons (Fsp3) is 0.933. The Morgan fingerprint density at radius 3 is 1.89 bits per heavy atom. The van der Waals surface area contributed by atoms with Crippen molar-refractivity contribution in [2.45, 2.75) is 64.6 Å². The van der Waals surface area contributed by atoms with Crippen molar-refractivity contribution in [3.8, 4) is 0 Å². The number of hydrogen-bond donors (Lipinski definition) is 1. The minimum atomic E-state index is 0.199. The Labute approximate surface area is 117 Å². The summed E-state index contributed by atoms with van der Waals surface area (Å²) in [6.07, 6.45) is 2.38. The molecule has 2 aliphatic heterocycles. The Morgan fingerprint density at radius 2 is 1.47 bits per heavy atom. The van der Waals surface area contributed by atoms with Crippen molar-refractivity contribution in [1.82, 2.24) is 15.1 Å². The van der Waals surface area contributed by atoms with E-state index >= 15 is 0 Å². The quantitative estimate of drug-likeness (QED) is 0.781. The van der Waals surface area contributed by atoms with Crippen molar-refractivity contribution in [2.75, 3.05) is 26.2 Å². The molecule has 0 radical (unpaired) electrons. The van der Waals surface area contributed by atoms with Crippen LogP contribution in [-0.4, -0.2) is 59.0 Å². The molecular formula is C15H29N3O. The zero-order chi connectivity index (χ0) is 14.3. The Morgan fingerprint density at radius 1 is 1.00 bits per heavy atom. The van der Waals surface area contributed by atoms with Crippen LogP contribution >= 0.6 is 0 Å². The van der Waals surface area contributed by atoms with Crippen LogP contribution in [0.1, 0.15) is 47.5 Å². The summed E-state index contributed by atoms with van der Waals surface area (Å²) in [5, 5.41) is 3.74. The second-order valence-electron chi connectivity index (χ2n) is 7.50. The molecular weight excluding hydrogens is 238 g/mol. The number of rotatable bonds is 1. The molecule has 2 rings (SSSR count). The number of hydrogen-bond acceptors (Lipinski definition) is 3. The third-order valence-electron chi connectivity index (χ3n) is 4.44. The van der Waals surface area contributed by atoms with Crippen LogP contribution in [0.4, 0.5) is 0 Å². The highest BCUT2D eigenvalue weighted by Gasteiger charge is 2.40. The van der Waals surface area contributed by atoms with Gasteiger partial charge in [0.15, 0.2) is 0 Å². The van der Waals surface area contributed by atoms with Crippen molar-refractivity contribution in [1.29, 1.82) is 0 Å². The molecule has 4 heteroatoms. The number of nitrogens with one attached hydrogen (secondary N) is 1. The number of carbonyl (C=O) groups excluding carboxylic acids is 1. The molecule has 2 fully saturated rings. The van der Waals surface area contributed by atoms with Crippen molar-refractivity contribution in [2.24, 2.45) is 0 Å². The van der Waals surface area contributed by atoms with E-state index in [2.05, 4.69) is 37.9 Å². The molecule has 0 aromatic rings. The summed E-state index contributed by atoms with van der Waals surface area (Å²) in [4.78, 5) is 15.9. The van der Waals surface area contributed by atoms with Crippen molar-refractivity contribution in [3.63, 3.8) is 0 Å². The van der Waals surface area contributed by atoms with Gasteiger partial charge in [-0.15, -0.1) is 0 Å². The minimum Gasteiger partial charge on any atom is -0.340 e. The van der Waals surface area contributed by atoms with Gasteiger partial charge in [0.25, 0.3) is 0 Å². The van der Waals surface area contributed by atoms with Crippen molar-refractivity contribution in [3.05, 3.63) is 0 Å². The van der Waals surface area contributed by atoms with Gasteiger partial charge in [-0.25, -0.2) is 0 Å². The Balaban J connectivity index is 1.97. The molecule has 0 aromatic heterocycles. The number of amides is 1. The predicted octanol–water partition coefficient (Wildman–Crippen LogP) is 1.46. The fourth-order valence-electron chi connectivity index (χ4n) is 3.93. The summed E-state index contributed by atoms with van der Waals surface area (Å²) in [6.45, 7) is 14.7. The van der Waals surface area contributed by atoms with Crippen LogP contribution in [0.5, 0.6) is 0 Å². The van der Waals surface area contributed by atoms with E-state index in [1.165, 1.54) is 12.8 Å². The van der Waals surface area contributed by atoms with Gasteiger partial charge in [0, 0.05) is 50.2 Å². The highest BCUT2D eigenvalue weighted by molar-refractivity contribution is 5.73. The Hall–Kier alpha value is -0.610. The SMILES string of the molecule is CC(=O)N1CCN(C2CC(C)(C)NC(C)(C)C2)CC1. The maximum absolute atomic E-state index is 11.4. The van der Waals surface area contributed by atoms with E-state index in [9.17, 15) is 4.79 Å². The first-order valence-electron chi connectivity index (χ1n) is 7.47. The normalized spacial score (nSPS) is 28.4. The molecule has 2 heterocycles. The van der Waals surface area contributed by atoms with Crippen LogP contribution in [0.2, 0.25) is 0 Å². The van der Waals surface area contributed by atoms with E-state index in [0.29, 0.717) is 6.04 Å². The van der Waals surface area contributed by atoms with E-state index in [0.717, 1.165) is 26.2 Å². The molecule has 0 aromatic carbocycles. The van der Waals surface area contributed by atoms with Crippen molar-refractivity contribution >= 4 is 5.91 Å². The topological polar surface area (TPSA) is 35.6 Å². The first-order chi connectivity index (χ1) is 8.69. The number of nitrogens with zero attached hydrogens (tertiary/aromatic N) is 2. The van der Waals surface area contributed by atoms with Crippen LogP contribution in [0, 0.1) is 0 Å². The third-order valence-corrected chi connectivity index (χ3v) is 4.44. The van der Waals surface area contributed by atoms with Crippen LogP contribution in [0.15, 0.2) is 0 Å². The van der Waals surface area contributed by atoms with Crippen LogP contribution in [0.25, 0.3) is 0 Å². The monoisotopic (exact) mass is 267 g/mol. The van der Waals surface area contributed by atoms with Gasteiger partial charge in [-0.05, 0) is 40.5 Å². The molecule has 0 aliphatic carbocycles. The molecule has 0 atom stereocenters. The summed E-state index contributed by atoms with van der Waals surface area (Å²) >= 11 is 0. The average molecular weight is 267 g/mol.